The number of hydrogen-bond donors (Lipinski definition) is 2. The average molecular weight is 471 g/mol. The lowest BCUT2D eigenvalue weighted by Crippen LogP contribution is -2.44. The van der Waals surface area contributed by atoms with Crippen molar-refractivity contribution in [2.75, 3.05) is 54.9 Å². The molecule has 9 nitrogen and oxygen atoms in total. The summed E-state index contributed by atoms with van der Waals surface area (Å²) < 4.78 is 0. The maximum Gasteiger partial charge on any atom is 0.323 e. The van der Waals surface area contributed by atoms with Crippen molar-refractivity contribution in [1.82, 2.24) is 25.2 Å². The number of amides is 2. The first-order valence-electron chi connectivity index (χ1n) is 11.9. The largest absolute Gasteiger partial charge is 0.369 e. The molecule has 2 amide bonds. The quantitative estimate of drug-likeness (QED) is 0.554. The molecule has 2 aromatic heterocycles. The van der Waals surface area contributed by atoms with Gasteiger partial charge in [0, 0.05) is 55.9 Å². The summed E-state index contributed by atoms with van der Waals surface area (Å²) in [5, 5.41) is 6.84. The zero-order valence-electron chi connectivity index (χ0n) is 20.3. The van der Waals surface area contributed by atoms with E-state index in [0.29, 0.717) is 34.9 Å². The van der Waals surface area contributed by atoms with E-state index in [1.807, 2.05) is 12.1 Å². The van der Waals surface area contributed by atoms with Gasteiger partial charge in [-0.15, -0.1) is 6.42 Å². The molecule has 5 rings (SSSR count). The summed E-state index contributed by atoms with van der Waals surface area (Å²) in [6, 6.07) is 9.86. The summed E-state index contributed by atoms with van der Waals surface area (Å²) >= 11 is 0. The highest BCUT2D eigenvalue weighted by molar-refractivity contribution is 5.96. The third-order valence-electron chi connectivity index (χ3n) is 6.73. The number of pyridine rings is 1. The fourth-order valence-electron chi connectivity index (χ4n) is 4.57. The second-order valence-electron chi connectivity index (χ2n) is 9.43. The van der Waals surface area contributed by atoms with Gasteiger partial charge < -0.3 is 20.4 Å². The first kappa shape index (κ1) is 22.9. The van der Waals surface area contributed by atoms with E-state index in [1.165, 1.54) is 5.69 Å². The molecule has 0 radical (unpaired) electrons. The highest BCUT2D eigenvalue weighted by atomic mass is 16.2. The van der Waals surface area contributed by atoms with Crippen molar-refractivity contribution in [3.05, 3.63) is 42.1 Å². The average Bonchev–Trinajstić information content (AvgIpc) is 3.26. The molecular weight excluding hydrogens is 440 g/mol. The van der Waals surface area contributed by atoms with Crippen molar-refractivity contribution >= 4 is 40.2 Å². The molecule has 1 aromatic carbocycles. The van der Waals surface area contributed by atoms with Gasteiger partial charge in [-0.2, -0.15) is 4.98 Å². The van der Waals surface area contributed by atoms with Gasteiger partial charge in [0.2, 0.25) is 5.95 Å². The number of terminal acetylenes is 1. The van der Waals surface area contributed by atoms with E-state index in [4.69, 9.17) is 11.4 Å². The van der Waals surface area contributed by atoms with E-state index in [0.717, 1.165) is 31.9 Å². The molecular formula is C26H30N8O. The molecule has 3 aromatic rings. The molecule has 0 bridgehead atoms. The number of hydrogen-bond acceptors (Lipinski definition) is 7. The van der Waals surface area contributed by atoms with Gasteiger partial charge >= 0.3 is 6.03 Å². The second-order valence-corrected chi connectivity index (χ2v) is 9.43. The van der Waals surface area contributed by atoms with Crippen LogP contribution in [0.25, 0.3) is 11.0 Å². The van der Waals surface area contributed by atoms with Gasteiger partial charge in [-0.1, -0.05) is 19.8 Å². The van der Waals surface area contributed by atoms with E-state index < -0.39 is 0 Å². The van der Waals surface area contributed by atoms with Crippen LogP contribution < -0.4 is 20.4 Å². The molecule has 2 aliphatic heterocycles. The van der Waals surface area contributed by atoms with Crippen LogP contribution in [0.2, 0.25) is 0 Å². The molecule has 1 atom stereocenters. The van der Waals surface area contributed by atoms with E-state index in [2.05, 4.69) is 69.3 Å². The Hall–Kier alpha value is -3.90. The SMILES string of the molecule is C#Cc1cc(N2C(=O)NC[C@H]2C(C)C)nc2nc(Nc3ccc(N4CCN(C)CC4)cc3)ncc12. The number of carbonyl (C=O) groups excluding carboxylic acids is 1. The number of anilines is 4. The molecule has 4 heterocycles. The normalized spacial score (nSPS) is 18.7. The number of nitrogens with one attached hydrogen (secondary N) is 2. The lowest BCUT2D eigenvalue weighted by Gasteiger charge is -2.34. The first-order valence-corrected chi connectivity index (χ1v) is 11.9. The molecule has 2 saturated heterocycles. The van der Waals surface area contributed by atoms with Gasteiger partial charge in [-0.05, 0) is 43.3 Å². The summed E-state index contributed by atoms with van der Waals surface area (Å²) in [5.41, 5.74) is 3.14. The van der Waals surface area contributed by atoms with Gasteiger partial charge in [0.05, 0.1) is 11.4 Å². The molecule has 2 N–H and O–H groups in total. The standard InChI is InChI=1S/C26H30N8O/c1-5-18-14-23(34-22(17(2)3)16-28-26(34)35)30-24-21(18)15-27-25(31-24)29-19-6-8-20(9-7-19)33-12-10-32(4)11-13-33/h1,6-9,14-15,17,22H,10-13,16H2,2-4H3,(H,28,35)(H,27,29,30,31)/t22-/m0/s1. The number of urea groups is 1. The smallest absolute Gasteiger partial charge is 0.323 e. The molecule has 180 valence electrons. The summed E-state index contributed by atoms with van der Waals surface area (Å²) in [6.45, 7) is 8.92. The zero-order chi connectivity index (χ0) is 24.5. The van der Waals surface area contributed by atoms with Crippen molar-refractivity contribution in [3.63, 3.8) is 0 Å². The molecule has 0 unspecified atom stereocenters. The second kappa shape index (κ2) is 9.39. The molecule has 2 aliphatic rings. The predicted molar refractivity (Wildman–Crippen MR) is 139 cm³/mol. The summed E-state index contributed by atoms with van der Waals surface area (Å²) in [6.07, 6.45) is 7.46. The zero-order valence-corrected chi connectivity index (χ0v) is 20.3. The topological polar surface area (TPSA) is 89.5 Å². The number of benzene rings is 1. The Morgan fingerprint density at radius 2 is 1.89 bits per heavy atom. The van der Waals surface area contributed by atoms with Gasteiger partial charge in [0.15, 0.2) is 5.65 Å². The number of piperazine rings is 1. The Morgan fingerprint density at radius 3 is 2.57 bits per heavy atom. The fraction of sp³-hybridized carbons (Fsp3) is 0.385. The monoisotopic (exact) mass is 470 g/mol. The minimum atomic E-state index is -0.175. The maximum atomic E-state index is 12.6. The van der Waals surface area contributed by atoms with Crippen LogP contribution >= 0.6 is 0 Å². The van der Waals surface area contributed by atoms with Crippen LogP contribution in [-0.2, 0) is 0 Å². The minimum Gasteiger partial charge on any atom is -0.369 e. The van der Waals surface area contributed by atoms with Crippen LogP contribution in [0.3, 0.4) is 0 Å². The number of rotatable bonds is 5. The van der Waals surface area contributed by atoms with Crippen LogP contribution in [0, 0.1) is 18.3 Å². The maximum absolute atomic E-state index is 12.6. The van der Waals surface area contributed by atoms with Gasteiger partial charge in [0.25, 0.3) is 0 Å². The number of aromatic nitrogens is 3. The van der Waals surface area contributed by atoms with E-state index in [-0.39, 0.29) is 18.0 Å². The molecule has 2 fully saturated rings. The Labute approximate surface area is 205 Å². The van der Waals surface area contributed by atoms with Crippen molar-refractivity contribution in [2.45, 2.75) is 19.9 Å². The molecule has 9 heteroatoms. The lowest BCUT2D eigenvalue weighted by atomic mass is 10.0. The van der Waals surface area contributed by atoms with Crippen molar-refractivity contribution < 1.29 is 4.79 Å². The summed E-state index contributed by atoms with van der Waals surface area (Å²) in [4.78, 5) is 32.7. The number of carbonyl (C=O) groups is 1. The van der Waals surface area contributed by atoms with Gasteiger partial charge in [-0.3, -0.25) is 4.90 Å². The Morgan fingerprint density at radius 1 is 1.14 bits per heavy atom. The van der Waals surface area contributed by atoms with Crippen LogP contribution in [0.1, 0.15) is 19.4 Å². The summed E-state index contributed by atoms with van der Waals surface area (Å²) in [5.74, 6) is 3.88. The van der Waals surface area contributed by atoms with Crippen LogP contribution in [-0.4, -0.2) is 71.7 Å². The number of likely N-dealkylation sites (N-methyl/N-ethyl adjacent to an activating group) is 1. The molecule has 0 spiro atoms. The number of fused-ring (bicyclic) bond motifs is 1. The van der Waals surface area contributed by atoms with Gasteiger partial charge in [-0.25, -0.2) is 14.8 Å². The summed E-state index contributed by atoms with van der Waals surface area (Å²) in [7, 11) is 2.15. The van der Waals surface area contributed by atoms with E-state index in [1.54, 1.807) is 17.2 Å². The van der Waals surface area contributed by atoms with Crippen molar-refractivity contribution in [2.24, 2.45) is 5.92 Å². The predicted octanol–water partition coefficient (Wildman–Crippen LogP) is 3.06. The first-order chi connectivity index (χ1) is 16.9. The van der Waals surface area contributed by atoms with E-state index in [9.17, 15) is 4.79 Å². The highest BCUT2D eigenvalue weighted by Gasteiger charge is 2.35. The van der Waals surface area contributed by atoms with Crippen molar-refractivity contribution in [3.8, 4) is 12.3 Å². The lowest BCUT2D eigenvalue weighted by molar-refractivity contribution is 0.251. The molecule has 0 aliphatic carbocycles. The Bertz CT molecular complexity index is 1270. The minimum absolute atomic E-state index is 0.00340. The number of nitrogens with zero attached hydrogens (tertiary/aromatic N) is 6. The Kier molecular flexibility index (Phi) is 6.14. The highest BCUT2D eigenvalue weighted by Crippen LogP contribution is 2.28. The van der Waals surface area contributed by atoms with Crippen LogP contribution in [0.5, 0.6) is 0 Å². The molecule has 35 heavy (non-hydrogen) atoms. The van der Waals surface area contributed by atoms with Gasteiger partial charge in [0.1, 0.15) is 5.82 Å². The van der Waals surface area contributed by atoms with Crippen LogP contribution in [0.15, 0.2) is 36.5 Å². The third-order valence-corrected chi connectivity index (χ3v) is 6.73. The third kappa shape index (κ3) is 4.57. The molecule has 0 saturated carbocycles. The fourth-order valence-corrected chi connectivity index (χ4v) is 4.57. The van der Waals surface area contributed by atoms with Crippen molar-refractivity contribution in [1.29, 1.82) is 0 Å². The van der Waals surface area contributed by atoms with Crippen LogP contribution in [0.4, 0.5) is 27.9 Å². The Balaban J connectivity index is 1.41. The van der Waals surface area contributed by atoms with E-state index >= 15 is 0 Å².